The minimum atomic E-state index is -3.82. The summed E-state index contributed by atoms with van der Waals surface area (Å²) in [5, 5.41) is 3.25. The van der Waals surface area contributed by atoms with Crippen molar-refractivity contribution in [2.45, 2.75) is 25.5 Å². The fraction of sp³-hybridized carbons (Fsp3) is 0.350. The van der Waals surface area contributed by atoms with Gasteiger partial charge in [0.15, 0.2) is 11.5 Å². The van der Waals surface area contributed by atoms with E-state index in [9.17, 15) is 13.2 Å². The number of rotatable bonds is 7. The van der Waals surface area contributed by atoms with E-state index in [1.165, 1.54) is 12.1 Å². The Morgan fingerprint density at radius 1 is 1.23 bits per heavy atom. The van der Waals surface area contributed by atoms with Gasteiger partial charge in [0.2, 0.25) is 15.9 Å². The number of hydrogen-bond donors (Lipinski definition) is 1. The largest absolute Gasteiger partial charge is 0.486 e. The van der Waals surface area contributed by atoms with Gasteiger partial charge in [0.25, 0.3) is 0 Å². The predicted octanol–water partition coefficient (Wildman–Crippen LogP) is 3.49. The standard InChI is InChI=1S/C20H22Cl2N2O5S/c1-3-16(24(30(2,26)27)17-10-13(21)8-9-15(17)22)20(25)23-11-14-12-28-18-6-4-5-7-19(18)29-14/h4-10,14,16H,3,11-12H2,1-2H3,(H,23,25)/t14-,16+/m1/s1. The number of benzene rings is 2. The number of ether oxygens (including phenoxy) is 2. The zero-order valence-corrected chi connectivity index (χ0v) is 18.8. The first kappa shape index (κ1) is 22.5. The van der Waals surface area contributed by atoms with E-state index >= 15 is 0 Å². The normalized spacial score (nSPS) is 16.6. The molecule has 1 amide bonds. The summed E-state index contributed by atoms with van der Waals surface area (Å²) >= 11 is 12.2. The summed E-state index contributed by atoms with van der Waals surface area (Å²) in [6.07, 6.45) is 0.852. The lowest BCUT2D eigenvalue weighted by Crippen LogP contribution is -2.51. The summed E-state index contributed by atoms with van der Waals surface area (Å²) in [5.74, 6) is 0.769. The van der Waals surface area contributed by atoms with Gasteiger partial charge in [-0.1, -0.05) is 42.3 Å². The Morgan fingerprint density at radius 3 is 2.60 bits per heavy atom. The smallest absolute Gasteiger partial charge is 0.244 e. The summed E-state index contributed by atoms with van der Waals surface area (Å²) in [6, 6.07) is 10.7. The number of nitrogens with one attached hydrogen (secondary N) is 1. The maximum Gasteiger partial charge on any atom is 0.244 e. The Labute approximate surface area is 185 Å². The Kier molecular flexibility index (Phi) is 7.00. The number of carbonyl (C=O) groups excluding carboxylic acids is 1. The molecule has 0 saturated heterocycles. The molecule has 0 saturated carbocycles. The maximum atomic E-state index is 12.9. The number of anilines is 1. The van der Waals surface area contributed by atoms with Crippen LogP contribution in [0, 0.1) is 0 Å². The highest BCUT2D eigenvalue weighted by molar-refractivity contribution is 7.92. The maximum absolute atomic E-state index is 12.9. The van der Waals surface area contributed by atoms with Crippen LogP contribution in [-0.4, -0.2) is 45.9 Å². The Hall–Kier alpha value is -2.16. The van der Waals surface area contributed by atoms with Crippen LogP contribution in [0.25, 0.3) is 0 Å². The molecule has 0 radical (unpaired) electrons. The lowest BCUT2D eigenvalue weighted by atomic mass is 10.2. The summed E-state index contributed by atoms with van der Waals surface area (Å²) in [6.45, 7) is 2.14. The van der Waals surface area contributed by atoms with Crippen LogP contribution in [0.15, 0.2) is 42.5 Å². The Morgan fingerprint density at radius 2 is 1.93 bits per heavy atom. The van der Waals surface area contributed by atoms with E-state index in [0.29, 0.717) is 16.5 Å². The molecule has 0 aliphatic carbocycles. The van der Waals surface area contributed by atoms with Gasteiger partial charge in [-0.2, -0.15) is 0 Å². The molecule has 1 N–H and O–H groups in total. The number of para-hydroxylation sites is 2. The van der Waals surface area contributed by atoms with Crippen LogP contribution in [0.2, 0.25) is 10.0 Å². The summed E-state index contributed by atoms with van der Waals surface area (Å²) in [7, 11) is -3.82. The first-order chi connectivity index (χ1) is 14.2. The summed E-state index contributed by atoms with van der Waals surface area (Å²) in [4.78, 5) is 12.9. The molecular weight excluding hydrogens is 451 g/mol. The van der Waals surface area contributed by atoms with Gasteiger partial charge in [0, 0.05) is 5.02 Å². The van der Waals surface area contributed by atoms with Crippen LogP contribution in [0.3, 0.4) is 0 Å². The van der Waals surface area contributed by atoms with Gasteiger partial charge in [0.05, 0.1) is 23.5 Å². The van der Waals surface area contributed by atoms with Crippen molar-refractivity contribution in [3.63, 3.8) is 0 Å². The molecule has 0 bridgehead atoms. The van der Waals surface area contributed by atoms with Crippen LogP contribution in [0.5, 0.6) is 11.5 Å². The molecule has 2 aromatic rings. The van der Waals surface area contributed by atoms with Crippen LogP contribution in [0.4, 0.5) is 5.69 Å². The first-order valence-electron chi connectivity index (χ1n) is 9.31. The molecule has 162 valence electrons. The van der Waals surface area contributed by atoms with Crippen LogP contribution < -0.4 is 19.1 Å². The van der Waals surface area contributed by atoms with E-state index in [4.69, 9.17) is 32.7 Å². The van der Waals surface area contributed by atoms with E-state index in [2.05, 4.69) is 5.32 Å². The molecule has 0 spiro atoms. The minimum Gasteiger partial charge on any atom is -0.486 e. The van der Waals surface area contributed by atoms with Crippen molar-refractivity contribution in [3.8, 4) is 11.5 Å². The van der Waals surface area contributed by atoms with Gasteiger partial charge in [-0.05, 0) is 36.8 Å². The Bertz CT molecular complexity index is 1030. The third kappa shape index (κ3) is 5.11. The van der Waals surface area contributed by atoms with E-state index < -0.39 is 28.1 Å². The van der Waals surface area contributed by atoms with Crippen molar-refractivity contribution in [3.05, 3.63) is 52.5 Å². The van der Waals surface area contributed by atoms with Gasteiger partial charge in [-0.3, -0.25) is 9.10 Å². The highest BCUT2D eigenvalue weighted by atomic mass is 35.5. The van der Waals surface area contributed by atoms with E-state index in [-0.39, 0.29) is 30.3 Å². The van der Waals surface area contributed by atoms with Crippen molar-refractivity contribution in [1.29, 1.82) is 0 Å². The average molecular weight is 473 g/mol. The van der Waals surface area contributed by atoms with Gasteiger partial charge in [-0.25, -0.2) is 8.42 Å². The molecule has 1 aliphatic rings. The highest BCUT2D eigenvalue weighted by Gasteiger charge is 2.33. The number of nitrogens with zero attached hydrogens (tertiary/aromatic N) is 1. The number of hydrogen-bond acceptors (Lipinski definition) is 5. The molecule has 30 heavy (non-hydrogen) atoms. The molecular formula is C20H22Cl2N2O5S. The SMILES string of the molecule is CC[C@@H](C(=O)NC[C@@H]1COc2ccccc2O1)N(c1cc(Cl)ccc1Cl)S(C)(=O)=O. The molecule has 7 nitrogen and oxygen atoms in total. The van der Waals surface area contributed by atoms with Gasteiger partial charge in [-0.15, -0.1) is 0 Å². The molecule has 2 atom stereocenters. The molecule has 0 aromatic heterocycles. The molecule has 2 aromatic carbocycles. The summed E-state index contributed by atoms with van der Waals surface area (Å²) < 4.78 is 37.6. The van der Waals surface area contributed by atoms with Crippen LogP contribution in [-0.2, 0) is 14.8 Å². The number of halogens is 2. The van der Waals surface area contributed by atoms with Crippen molar-refractivity contribution < 1.29 is 22.7 Å². The van der Waals surface area contributed by atoms with Crippen molar-refractivity contribution in [1.82, 2.24) is 5.32 Å². The monoisotopic (exact) mass is 472 g/mol. The van der Waals surface area contributed by atoms with Gasteiger partial charge < -0.3 is 14.8 Å². The predicted molar refractivity (Wildman–Crippen MR) is 117 cm³/mol. The molecule has 10 heteroatoms. The van der Waals surface area contributed by atoms with Crippen molar-refractivity contribution in [2.75, 3.05) is 23.7 Å². The lowest BCUT2D eigenvalue weighted by Gasteiger charge is -2.32. The minimum absolute atomic E-state index is 0.153. The first-order valence-corrected chi connectivity index (χ1v) is 11.9. The molecule has 1 heterocycles. The van der Waals surface area contributed by atoms with Crippen LogP contribution in [0.1, 0.15) is 13.3 Å². The quantitative estimate of drug-likeness (QED) is 0.666. The number of amides is 1. The second kappa shape index (κ2) is 9.32. The molecule has 3 rings (SSSR count). The Balaban J connectivity index is 1.76. The van der Waals surface area contributed by atoms with Gasteiger partial charge >= 0.3 is 0 Å². The molecule has 0 unspecified atom stereocenters. The van der Waals surface area contributed by atoms with E-state index in [1.54, 1.807) is 25.1 Å². The van der Waals surface area contributed by atoms with Crippen LogP contribution >= 0.6 is 23.2 Å². The number of carbonyl (C=O) groups is 1. The average Bonchev–Trinajstić information content (AvgIpc) is 2.71. The highest BCUT2D eigenvalue weighted by Crippen LogP contribution is 2.33. The van der Waals surface area contributed by atoms with Gasteiger partial charge in [0.1, 0.15) is 18.8 Å². The number of fused-ring (bicyclic) bond motifs is 1. The second-order valence-corrected chi connectivity index (χ2v) is 9.52. The fourth-order valence-electron chi connectivity index (χ4n) is 3.19. The number of sulfonamides is 1. The molecule has 1 aliphatic heterocycles. The zero-order valence-electron chi connectivity index (χ0n) is 16.5. The third-order valence-electron chi connectivity index (χ3n) is 4.55. The topological polar surface area (TPSA) is 84.9 Å². The van der Waals surface area contributed by atoms with E-state index in [0.717, 1.165) is 10.6 Å². The van der Waals surface area contributed by atoms with Crippen molar-refractivity contribution >= 4 is 44.8 Å². The lowest BCUT2D eigenvalue weighted by molar-refractivity contribution is -0.122. The zero-order chi connectivity index (χ0) is 21.9. The fourth-order valence-corrected chi connectivity index (χ4v) is 4.83. The third-order valence-corrected chi connectivity index (χ3v) is 6.27. The second-order valence-electron chi connectivity index (χ2n) is 6.82. The van der Waals surface area contributed by atoms with E-state index in [1.807, 2.05) is 12.1 Å². The van der Waals surface area contributed by atoms with Crippen molar-refractivity contribution in [2.24, 2.45) is 0 Å². The molecule has 0 fully saturated rings. The summed E-state index contributed by atoms with van der Waals surface area (Å²) in [5.41, 5.74) is 0.153.